The van der Waals surface area contributed by atoms with Gasteiger partial charge in [-0.25, -0.2) is 0 Å². The molecule has 0 saturated carbocycles. The van der Waals surface area contributed by atoms with Gasteiger partial charge in [0.25, 0.3) is 0 Å². The fourth-order valence-electron chi connectivity index (χ4n) is 1.31. The summed E-state index contributed by atoms with van der Waals surface area (Å²) in [6, 6.07) is 0. The third-order valence-corrected chi connectivity index (χ3v) is 2.85. The largest absolute Gasteiger partial charge is 0.300 e. The van der Waals surface area contributed by atoms with Gasteiger partial charge in [-0.1, -0.05) is 34.1 Å². The van der Waals surface area contributed by atoms with Gasteiger partial charge in [-0.2, -0.15) is 0 Å². The topological polar surface area (TPSA) is 17.1 Å². The van der Waals surface area contributed by atoms with Crippen molar-refractivity contribution in [2.45, 2.75) is 47.5 Å². The number of ketones is 1. The van der Waals surface area contributed by atoms with Crippen LogP contribution in [-0.4, -0.2) is 5.78 Å². The van der Waals surface area contributed by atoms with Crippen LogP contribution in [-0.2, 0) is 4.79 Å². The molecule has 0 aliphatic rings. The van der Waals surface area contributed by atoms with E-state index < -0.39 is 0 Å². The first-order valence-electron chi connectivity index (χ1n) is 4.42. The monoisotopic (exact) mass is 156 g/mol. The number of carbonyl (C=O) groups is 1. The molecule has 1 heteroatoms. The van der Waals surface area contributed by atoms with Crippen molar-refractivity contribution in [3.05, 3.63) is 0 Å². The molecular formula is C10H20O. The molecule has 0 aliphatic heterocycles. The molecule has 1 unspecified atom stereocenters. The molecule has 0 saturated heterocycles. The molecular weight excluding hydrogens is 136 g/mol. The fraction of sp³-hybridized carbons (Fsp3) is 0.900. The summed E-state index contributed by atoms with van der Waals surface area (Å²) in [5.41, 5.74) is 0.214. The molecule has 0 heterocycles. The summed E-state index contributed by atoms with van der Waals surface area (Å²) >= 11 is 0. The summed E-state index contributed by atoms with van der Waals surface area (Å²) in [6.45, 7) is 10.4. The van der Waals surface area contributed by atoms with Crippen LogP contribution in [0, 0.1) is 11.3 Å². The van der Waals surface area contributed by atoms with E-state index in [0.29, 0.717) is 11.7 Å². The predicted octanol–water partition coefficient (Wildman–Crippen LogP) is 3.04. The molecule has 0 aliphatic carbocycles. The maximum absolute atomic E-state index is 10.9. The zero-order valence-corrected chi connectivity index (χ0v) is 8.40. The van der Waals surface area contributed by atoms with Gasteiger partial charge in [0.1, 0.15) is 5.78 Å². The molecule has 66 valence electrons. The number of Topliss-reactive ketones (excluding diaryl/α,β-unsaturated/α-hetero) is 1. The average molecular weight is 156 g/mol. The Bertz CT molecular complexity index is 138. The Morgan fingerprint density at radius 1 is 1.45 bits per heavy atom. The molecule has 0 radical (unpaired) electrons. The maximum atomic E-state index is 10.9. The summed E-state index contributed by atoms with van der Waals surface area (Å²) in [5.74, 6) is 0.902. The van der Waals surface area contributed by atoms with Crippen LogP contribution in [0.25, 0.3) is 0 Å². The van der Waals surface area contributed by atoms with E-state index in [1.807, 2.05) is 0 Å². The van der Waals surface area contributed by atoms with Crippen LogP contribution >= 0.6 is 0 Å². The van der Waals surface area contributed by atoms with Crippen molar-refractivity contribution < 1.29 is 4.79 Å². The Labute approximate surface area is 70.2 Å². The van der Waals surface area contributed by atoms with Crippen LogP contribution in [0.4, 0.5) is 0 Å². The van der Waals surface area contributed by atoms with Crippen molar-refractivity contribution in [3.8, 4) is 0 Å². The molecule has 0 aromatic carbocycles. The van der Waals surface area contributed by atoms with Crippen molar-refractivity contribution in [1.29, 1.82) is 0 Å². The molecule has 1 atom stereocenters. The first-order chi connectivity index (χ1) is 4.92. The van der Waals surface area contributed by atoms with Crippen molar-refractivity contribution in [3.63, 3.8) is 0 Å². The van der Waals surface area contributed by atoms with Gasteiger partial charge in [0.15, 0.2) is 0 Å². The predicted molar refractivity (Wildman–Crippen MR) is 48.5 cm³/mol. The zero-order valence-electron chi connectivity index (χ0n) is 8.40. The molecule has 0 fully saturated rings. The Kier molecular flexibility index (Phi) is 3.77. The third kappa shape index (κ3) is 3.04. The SMILES string of the molecule is CCC(C)(CC(C)=O)C(C)C. The molecule has 0 aromatic rings. The van der Waals surface area contributed by atoms with Gasteiger partial charge in [0.2, 0.25) is 0 Å². The van der Waals surface area contributed by atoms with Crippen LogP contribution in [0.2, 0.25) is 0 Å². The van der Waals surface area contributed by atoms with Gasteiger partial charge in [0, 0.05) is 6.42 Å². The van der Waals surface area contributed by atoms with Crippen molar-refractivity contribution in [1.82, 2.24) is 0 Å². The van der Waals surface area contributed by atoms with Crippen molar-refractivity contribution in [2.24, 2.45) is 11.3 Å². The van der Waals surface area contributed by atoms with E-state index in [9.17, 15) is 4.79 Å². The van der Waals surface area contributed by atoms with Gasteiger partial charge in [-0.15, -0.1) is 0 Å². The van der Waals surface area contributed by atoms with E-state index in [2.05, 4.69) is 27.7 Å². The van der Waals surface area contributed by atoms with Gasteiger partial charge >= 0.3 is 0 Å². The molecule has 0 aromatic heterocycles. The highest BCUT2D eigenvalue weighted by atomic mass is 16.1. The van der Waals surface area contributed by atoms with Gasteiger partial charge in [-0.05, 0) is 18.3 Å². The third-order valence-electron chi connectivity index (χ3n) is 2.85. The lowest BCUT2D eigenvalue weighted by Crippen LogP contribution is -2.25. The lowest BCUT2D eigenvalue weighted by atomic mass is 9.73. The maximum Gasteiger partial charge on any atom is 0.130 e. The summed E-state index contributed by atoms with van der Waals surface area (Å²) in [6.07, 6.45) is 1.81. The summed E-state index contributed by atoms with van der Waals surface area (Å²) in [4.78, 5) is 10.9. The van der Waals surface area contributed by atoms with Crippen LogP contribution < -0.4 is 0 Å². The second-order valence-corrected chi connectivity index (χ2v) is 4.04. The van der Waals surface area contributed by atoms with E-state index in [1.54, 1.807) is 6.92 Å². The van der Waals surface area contributed by atoms with Gasteiger partial charge in [-0.3, -0.25) is 0 Å². The fourth-order valence-corrected chi connectivity index (χ4v) is 1.31. The summed E-state index contributed by atoms with van der Waals surface area (Å²) < 4.78 is 0. The van der Waals surface area contributed by atoms with Gasteiger partial charge < -0.3 is 4.79 Å². The van der Waals surface area contributed by atoms with Crippen molar-refractivity contribution in [2.75, 3.05) is 0 Å². The standard InChI is InChI=1S/C10H20O/c1-6-10(5,8(2)3)7-9(4)11/h8H,6-7H2,1-5H3. The zero-order chi connectivity index (χ0) is 9.07. The Morgan fingerprint density at radius 2 is 1.91 bits per heavy atom. The second-order valence-electron chi connectivity index (χ2n) is 4.04. The normalized spacial score (nSPS) is 16.5. The lowest BCUT2D eigenvalue weighted by molar-refractivity contribution is -0.119. The van der Waals surface area contributed by atoms with Crippen LogP contribution in [0.1, 0.15) is 47.5 Å². The van der Waals surface area contributed by atoms with E-state index >= 15 is 0 Å². The molecule has 0 N–H and O–H groups in total. The number of hydrogen-bond acceptors (Lipinski definition) is 1. The first-order valence-corrected chi connectivity index (χ1v) is 4.42. The number of carbonyl (C=O) groups excluding carboxylic acids is 1. The van der Waals surface area contributed by atoms with Crippen LogP contribution in [0.3, 0.4) is 0 Å². The minimum Gasteiger partial charge on any atom is -0.300 e. The highest BCUT2D eigenvalue weighted by Crippen LogP contribution is 2.34. The van der Waals surface area contributed by atoms with Crippen molar-refractivity contribution >= 4 is 5.78 Å². The lowest BCUT2D eigenvalue weighted by Gasteiger charge is -2.31. The number of rotatable bonds is 4. The van der Waals surface area contributed by atoms with E-state index in [0.717, 1.165) is 12.8 Å². The Morgan fingerprint density at radius 3 is 2.00 bits per heavy atom. The summed E-state index contributed by atoms with van der Waals surface area (Å²) in [5, 5.41) is 0. The molecule has 0 amide bonds. The minimum atomic E-state index is 0.214. The molecule has 1 nitrogen and oxygen atoms in total. The second kappa shape index (κ2) is 3.89. The van der Waals surface area contributed by atoms with E-state index in [1.165, 1.54) is 0 Å². The van der Waals surface area contributed by atoms with Crippen LogP contribution in [0.5, 0.6) is 0 Å². The molecule has 0 spiro atoms. The smallest absolute Gasteiger partial charge is 0.130 e. The molecule has 0 bridgehead atoms. The van der Waals surface area contributed by atoms with E-state index in [-0.39, 0.29) is 5.41 Å². The Hall–Kier alpha value is -0.330. The molecule has 0 rings (SSSR count). The molecule has 11 heavy (non-hydrogen) atoms. The van der Waals surface area contributed by atoms with E-state index in [4.69, 9.17) is 0 Å². The number of hydrogen-bond donors (Lipinski definition) is 0. The average Bonchev–Trinajstić information content (AvgIpc) is 1.86. The Balaban J connectivity index is 4.22. The van der Waals surface area contributed by atoms with Crippen LogP contribution in [0.15, 0.2) is 0 Å². The highest BCUT2D eigenvalue weighted by Gasteiger charge is 2.27. The highest BCUT2D eigenvalue weighted by molar-refractivity contribution is 5.76. The quantitative estimate of drug-likeness (QED) is 0.611. The summed E-state index contributed by atoms with van der Waals surface area (Å²) in [7, 11) is 0. The first kappa shape index (κ1) is 10.7. The minimum absolute atomic E-state index is 0.214. The van der Waals surface area contributed by atoms with Gasteiger partial charge in [0.05, 0.1) is 0 Å².